The van der Waals surface area contributed by atoms with Gasteiger partial charge in [0, 0.05) is 39.7 Å². The lowest BCUT2D eigenvalue weighted by atomic mass is 9.89. The summed E-state index contributed by atoms with van der Waals surface area (Å²) in [6, 6.07) is 0. The van der Waals surface area contributed by atoms with Gasteiger partial charge in [0.05, 0.1) is 24.5 Å². The smallest absolute Gasteiger partial charge is 0.330 e. The number of aromatic nitrogens is 7. The van der Waals surface area contributed by atoms with E-state index >= 15 is 0 Å². The highest BCUT2D eigenvalue weighted by atomic mass is 16.5. The van der Waals surface area contributed by atoms with Gasteiger partial charge in [-0.2, -0.15) is 4.98 Å². The van der Waals surface area contributed by atoms with Crippen LogP contribution in [-0.2, 0) is 38.2 Å². The van der Waals surface area contributed by atoms with Gasteiger partial charge in [-0.25, -0.2) is 9.48 Å². The summed E-state index contributed by atoms with van der Waals surface area (Å²) in [7, 11) is 4.64. The van der Waals surface area contributed by atoms with Crippen LogP contribution in [0.4, 0.5) is 0 Å². The van der Waals surface area contributed by atoms with Crippen molar-refractivity contribution in [2.24, 2.45) is 14.1 Å². The number of aryl methyl sites for hydroxylation is 2. The summed E-state index contributed by atoms with van der Waals surface area (Å²) in [5.41, 5.74) is 1.39. The molecule has 0 amide bonds. The fraction of sp³-hybridized carbons (Fsp3) is 0.529. The van der Waals surface area contributed by atoms with E-state index in [9.17, 15) is 9.59 Å². The summed E-state index contributed by atoms with van der Waals surface area (Å²) in [5.74, 6) is 0.670. The molecule has 28 heavy (non-hydrogen) atoms. The molecular formula is C17H21N7O4. The SMILES string of the molecule is COCCn1nnc2c1CC(c1nc(-c3cn(C)c(=O)n(C)c3=O)no1)CC2. The highest BCUT2D eigenvalue weighted by Crippen LogP contribution is 2.31. The molecule has 148 valence electrons. The van der Waals surface area contributed by atoms with Crippen molar-refractivity contribution >= 4 is 0 Å². The minimum absolute atomic E-state index is 0.0185. The molecule has 1 aliphatic rings. The standard InChI is InChI=1S/C17H21N7O4/c1-22-9-11(16(25)23(2)17(22)26)14-18-15(28-20-14)10-4-5-12-13(8-10)24(21-19-12)6-7-27-3/h9-10H,4-8H2,1-3H3. The second kappa shape index (κ2) is 7.15. The summed E-state index contributed by atoms with van der Waals surface area (Å²) in [6.07, 6.45) is 3.69. The molecule has 0 aliphatic heterocycles. The van der Waals surface area contributed by atoms with Crippen LogP contribution in [0.25, 0.3) is 11.4 Å². The van der Waals surface area contributed by atoms with Gasteiger partial charge >= 0.3 is 5.69 Å². The second-order valence-electron chi connectivity index (χ2n) is 6.90. The van der Waals surface area contributed by atoms with Crippen molar-refractivity contribution in [3.8, 4) is 11.4 Å². The van der Waals surface area contributed by atoms with Crippen LogP contribution < -0.4 is 11.2 Å². The van der Waals surface area contributed by atoms with Gasteiger partial charge in [-0.1, -0.05) is 10.4 Å². The molecule has 11 nitrogen and oxygen atoms in total. The molecule has 0 saturated carbocycles. The van der Waals surface area contributed by atoms with Crippen molar-refractivity contribution in [2.45, 2.75) is 31.7 Å². The molecule has 0 aromatic carbocycles. The summed E-state index contributed by atoms with van der Waals surface area (Å²) in [6.45, 7) is 1.19. The quantitative estimate of drug-likeness (QED) is 0.582. The maximum Gasteiger partial charge on any atom is 0.330 e. The second-order valence-corrected chi connectivity index (χ2v) is 6.90. The van der Waals surface area contributed by atoms with E-state index in [1.54, 1.807) is 14.2 Å². The molecular weight excluding hydrogens is 366 g/mol. The zero-order valence-corrected chi connectivity index (χ0v) is 16.0. The lowest BCUT2D eigenvalue weighted by molar-refractivity contribution is 0.181. The number of ether oxygens (including phenoxy) is 1. The summed E-state index contributed by atoms with van der Waals surface area (Å²) in [5, 5.41) is 12.4. The van der Waals surface area contributed by atoms with Crippen molar-refractivity contribution in [3.05, 3.63) is 44.3 Å². The van der Waals surface area contributed by atoms with Crippen molar-refractivity contribution in [2.75, 3.05) is 13.7 Å². The normalized spacial score (nSPS) is 16.3. The first-order chi connectivity index (χ1) is 13.5. The molecule has 1 aliphatic carbocycles. The third-order valence-electron chi connectivity index (χ3n) is 5.07. The maximum absolute atomic E-state index is 12.4. The van der Waals surface area contributed by atoms with Crippen molar-refractivity contribution < 1.29 is 9.26 Å². The fourth-order valence-electron chi connectivity index (χ4n) is 3.47. The molecule has 11 heteroatoms. The van der Waals surface area contributed by atoms with E-state index in [0.717, 1.165) is 28.8 Å². The van der Waals surface area contributed by atoms with Crippen LogP contribution in [0.5, 0.6) is 0 Å². The van der Waals surface area contributed by atoms with Gasteiger partial charge in [-0.3, -0.25) is 9.36 Å². The monoisotopic (exact) mass is 387 g/mol. The number of hydrogen-bond acceptors (Lipinski definition) is 8. The van der Waals surface area contributed by atoms with Crippen molar-refractivity contribution in [1.82, 2.24) is 34.3 Å². The van der Waals surface area contributed by atoms with Gasteiger partial charge in [0.1, 0.15) is 5.56 Å². The van der Waals surface area contributed by atoms with E-state index in [0.29, 0.717) is 25.5 Å². The minimum atomic E-state index is -0.455. The van der Waals surface area contributed by atoms with Gasteiger partial charge in [0.2, 0.25) is 11.7 Å². The van der Waals surface area contributed by atoms with E-state index in [1.165, 1.54) is 17.8 Å². The molecule has 3 aromatic heterocycles. The fourth-order valence-corrected chi connectivity index (χ4v) is 3.47. The van der Waals surface area contributed by atoms with Crippen LogP contribution >= 0.6 is 0 Å². The molecule has 1 atom stereocenters. The number of rotatable bonds is 5. The van der Waals surface area contributed by atoms with Gasteiger partial charge < -0.3 is 13.8 Å². The van der Waals surface area contributed by atoms with E-state index in [-0.39, 0.29) is 17.3 Å². The Morgan fingerprint density at radius 1 is 1.32 bits per heavy atom. The molecule has 0 spiro atoms. The van der Waals surface area contributed by atoms with Crippen LogP contribution in [0.3, 0.4) is 0 Å². The Morgan fingerprint density at radius 2 is 2.14 bits per heavy atom. The first kappa shape index (κ1) is 18.3. The number of hydrogen-bond donors (Lipinski definition) is 0. The average molecular weight is 387 g/mol. The average Bonchev–Trinajstić information content (AvgIpc) is 3.34. The van der Waals surface area contributed by atoms with Crippen molar-refractivity contribution in [3.63, 3.8) is 0 Å². The Hall–Kier alpha value is -3.08. The molecule has 3 aromatic rings. The number of methoxy groups -OCH3 is 1. The summed E-state index contributed by atoms with van der Waals surface area (Å²) >= 11 is 0. The third kappa shape index (κ3) is 3.07. The molecule has 0 N–H and O–H groups in total. The van der Waals surface area contributed by atoms with E-state index in [4.69, 9.17) is 9.26 Å². The Labute approximate surface area is 159 Å². The van der Waals surface area contributed by atoms with Crippen LogP contribution in [0.15, 0.2) is 20.3 Å². The van der Waals surface area contributed by atoms with Gasteiger partial charge in [0.25, 0.3) is 5.56 Å². The lowest BCUT2D eigenvalue weighted by Gasteiger charge is -2.19. The maximum atomic E-state index is 12.4. The summed E-state index contributed by atoms with van der Waals surface area (Å²) < 4.78 is 14.8. The molecule has 0 saturated heterocycles. The Balaban J connectivity index is 1.62. The topological polar surface area (TPSA) is 123 Å². The first-order valence-corrected chi connectivity index (χ1v) is 9.00. The largest absolute Gasteiger partial charge is 0.383 e. The van der Waals surface area contributed by atoms with Crippen LogP contribution in [0.1, 0.15) is 29.6 Å². The molecule has 1 unspecified atom stereocenters. The van der Waals surface area contributed by atoms with Gasteiger partial charge in [-0.05, 0) is 12.8 Å². The Bertz CT molecular complexity index is 1120. The first-order valence-electron chi connectivity index (χ1n) is 9.00. The van der Waals surface area contributed by atoms with E-state index in [1.807, 2.05) is 4.68 Å². The molecule has 4 rings (SSSR count). The zero-order chi connectivity index (χ0) is 19.8. The zero-order valence-electron chi connectivity index (χ0n) is 16.0. The highest BCUT2D eigenvalue weighted by molar-refractivity contribution is 5.51. The van der Waals surface area contributed by atoms with Crippen LogP contribution in [-0.4, -0.2) is 48.0 Å². The third-order valence-corrected chi connectivity index (χ3v) is 5.07. The van der Waals surface area contributed by atoms with Gasteiger partial charge in [-0.15, -0.1) is 5.10 Å². The van der Waals surface area contributed by atoms with E-state index in [2.05, 4.69) is 20.5 Å². The van der Waals surface area contributed by atoms with Gasteiger partial charge in [0.15, 0.2) is 0 Å². The Morgan fingerprint density at radius 3 is 2.93 bits per heavy atom. The van der Waals surface area contributed by atoms with Crippen molar-refractivity contribution in [1.29, 1.82) is 0 Å². The van der Waals surface area contributed by atoms with Crippen LogP contribution in [0.2, 0.25) is 0 Å². The molecule has 0 fully saturated rings. The lowest BCUT2D eigenvalue weighted by Crippen LogP contribution is -2.37. The highest BCUT2D eigenvalue weighted by Gasteiger charge is 2.29. The number of nitrogens with zero attached hydrogens (tertiary/aromatic N) is 7. The molecule has 0 radical (unpaired) electrons. The summed E-state index contributed by atoms with van der Waals surface area (Å²) in [4.78, 5) is 28.7. The molecule has 3 heterocycles. The molecule has 0 bridgehead atoms. The predicted molar refractivity (Wildman–Crippen MR) is 96.9 cm³/mol. The minimum Gasteiger partial charge on any atom is -0.383 e. The van der Waals surface area contributed by atoms with Crippen LogP contribution in [0, 0.1) is 0 Å². The Kier molecular flexibility index (Phi) is 4.67. The predicted octanol–water partition coefficient (Wildman–Crippen LogP) is -0.356. The number of fused-ring (bicyclic) bond motifs is 1. The van der Waals surface area contributed by atoms with E-state index < -0.39 is 11.2 Å².